The van der Waals surface area contributed by atoms with Gasteiger partial charge in [0.1, 0.15) is 11.6 Å². The number of anilines is 1. The second-order valence-corrected chi connectivity index (χ2v) is 5.50. The maximum Gasteiger partial charge on any atom is 0.243 e. The van der Waals surface area contributed by atoms with Gasteiger partial charge in [-0.15, -0.1) is 0 Å². The Morgan fingerprint density at radius 1 is 0.913 bits per heavy atom. The molecule has 7 heteroatoms. The number of halogens is 2. The van der Waals surface area contributed by atoms with E-state index in [4.69, 9.17) is 0 Å². The average Bonchev–Trinajstić information content (AvgIpc) is 3.04. The highest BCUT2D eigenvalue weighted by molar-refractivity contribution is 5.37. The average molecular weight is 313 g/mol. The number of nitrogens with one attached hydrogen (secondary N) is 1. The normalized spacial score (nSPS) is 19.9. The van der Waals surface area contributed by atoms with Crippen molar-refractivity contribution in [2.24, 2.45) is 0 Å². The Morgan fingerprint density at radius 3 is 2.17 bits per heavy atom. The van der Waals surface area contributed by atoms with E-state index in [9.17, 15) is 8.78 Å². The molecule has 1 aliphatic heterocycles. The number of hydrogen-bond donors (Lipinski definition) is 1. The molecule has 0 radical (unpaired) electrons. The first-order chi connectivity index (χ1) is 11.2. The molecule has 0 aliphatic carbocycles. The topological polar surface area (TPSA) is 55.6 Å². The van der Waals surface area contributed by atoms with Gasteiger partial charge in [0.2, 0.25) is 5.95 Å². The maximum atomic E-state index is 13.2. The fourth-order valence-electron chi connectivity index (χ4n) is 2.91. The highest BCUT2D eigenvalue weighted by Crippen LogP contribution is 2.36. The van der Waals surface area contributed by atoms with Crippen LogP contribution in [-0.4, -0.2) is 20.2 Å². The fourth-order valence-corrected chi connectivity index (χ4v) is 2.91. The summed E-state index contributed by atoms with van der Waals surface area (Å²) in [4.78, 5) is 0. The summed E-state index contributed by atoms with van der Waals surface area (Å²) >= 11 is 0. The Balaban J connectivity index is 1.71. The van der Waals surface area contributed by atoms with Gasteiger partial charge in [0, 0.05) is 0 Å². The number of tetrazole rings is 1. The van der Waals surface area contributed by atoms with E-state index in [1.165, 1.54) is 24.3 Å². The molecule has 0 saturated heterocycles. The highest BCUT2D eigenvalue weighted by Gasteiger charge is 2.30. The van der Waals surface area contributed by atoms with Crippen molar-refractivity contribution in [2.75, 3.05) is 5.32 Å². The zero-order chi connectivity index (χ0) is 15.8. The number of benzene rings is 2. The molecule has 2 aromatic carbocycles. The molecule has 0 amide bonds. The summed E-state index contributed by atoms with van der Waals surface area (Å²) in [6.45, 7) is 0. The predicted octanol–water partition coefficient (Wildman–Crippen LogP) is 3.10. The summed E-state index contributed by atoms with van der Waals surface area (Å²) < 4.78 is 28.0. The van der Waals surface area contributed by atoms with Crippen LogP contribution in [0, 0.1) is 11.6 Å². The van der Waals surface area contributed by atoms with Crippen LogP contribution in [0.1, 0.15) is 29.6 Å². The third-order valence-electron chi connectivity index (χ3n) is 4.08. The summed E-state index contributed by atoms with van der Waals surface area (Å²) in [5, 5.41) is 15.0. The molecule has 5 nitrogen and oxygen atoms in total. The molecule has 116 valence electrons. The van der Waals surface area contributed by atoms with Crippen molar-refractivity contribution in [1.82, 2.24) is 20.2 Å². The molecule has 0 fully saturated rings. The first kappa shape index (κ1) is 13.8. The molecule has 1 N–H and O–H groups in total. The standard InChI is InChI=1S/C16H13F2N5/c17-12-5-1-10(2-6-12)14-9-15(11-3-7-13(18)8-4-11)23-16(19-14)20-21-22-23/h1-8,14-15H,9H2,(H,19,20,22)/t14-,15+/m0/s1. The van der Waals surface area contributed by atoms with E-state index in [1.807, 2.05) is 0 Å². The summed E-state index contributed by atoms with van der Waals surface area (Å²) in [5.41, 5.74) is 1.88. The van der Waals surface area contributed by atoms with Crippen molar-refractivity contribution in [3.05, 3.63) is 71.3 Å². The number of aromatic nitrogens is 4. The summed E-state index contributed by atoms with van der Waals surface area (Å²) in [6, 6.07) is 12.5. The van der Waals surface area contributed by atoms with E-state index in [1.54, 1.807) is 28.9 Å². The van der Waals surface area contributed by atoms with E-state index in [-0.39, 0.29) is 23.7 Å². The first-order valence-electron chi connectivity index (χ1n) is 7.26. The van der Waals surface area contributed by atoms with Crippen LogP contribution >= 0.6 is 0 Å². The maximum absolute atomic E-state index is 13.2. The van der Waals surface area contributed by atoms with Crippen LogP contribution in [0.4, 0.5) is 14.7 Å². The molecule has 2 atom stereocenters. The fraction of sp³-hybridized carbons (Fsp3) is 0.188. The Hall–Kier alpha value is -2.83. The van der Waals surface area contributed by atoms with Gasteiger partial charge < -0.3 is 5.32 Å². The summed E-state index contributed by atoms with van der Waals surface area (Å²) in [5.74, 6) is -0.0147. The molecule has 23 heavy (non-hydrogen) atoms. The zero-order valence-electron chi connectivity index (χ0n) is 12.0. The minimum atomic E-state index is -0.283. The second-order valence-electron chi connectivity index (χ2n) is 5.50. The summed E-state index contributed by atoms with van der Waals surface area (Å²) in [7, 11) is 0. The van der Waals surface area contributed by atoms with E-state index >= 15 is 0 Å². The highest BCUT2D eigenvalue weighted by atomic mass is 19.1. The molecule has 0 bridgehead atoms. The zero-order valence-corrected chi connectivity index (χ0v) is 12.0. The van der Waals surface area contributed by atoms with Crippen LogP contribution in [-0.2, 0) is 0 Å². The smallest absolute Gasteiger partial charge is 0.243 e. The van der Waals surface area contributed by atoms with Crippen LogP contribution in [0.3, 0.4) is 0 Å². The van der Waals surface area contributed by atoms with Crippen LogP contribution in [0.2, 0.25) is 0 Å². The van der Waals surface area contributed by atoms with Gasteiger partial charge in [-0.2, -0.15) is 0 Å². The van der Waals surface area contributed by atoms with E-state index < -0.39 is 0 Å². The minimum absolute atomic E-state index is 0.0517. The van der Waals surface area contributed by atoms with Gasteiger partial charge in [0.05, 0.1) is 12.1 Å². The molecule has 4 rings (SSSR count). The number of rotatable bonds is 2. The third kappa shape index (κ3) is 2.54. The quantitative estimate of drug-likeness (QED) is 0.790. The Kier molecular flexibility index (Phi) is 3.25. The van der Waals surface area contributed by atoms with Gasteiger partial charge >= 0.3 is 0 Å². The molecule has 2 heterocycles. The number of fused-ring (bicyclic) bond motifs is 1. The van der Waals surface area contributed by atoms with Crippen molar-refractivity contribution in [2.45, 2.75) is 18.5 Å². The van der Waals surface area contributed by atoms with Crippen molar-refractivity contribution >= 4 is 5.95 Å². The predicted molar refractivity (Wildman–Crippen MR) is 79.7 cm³/mol. The molecule has 0 unspecified atom stereocenters. The van der Waals surface area contributed by atoms with Crippen molar-refractivity contribution in [1.29, 1.82) is 0 Å². The number of nitrogens with zero attached hydrogens (tertiary/aromatic N) is 4. The molecule has 1 aliphatic rings. The Bertz CT molecular complexity index is 813. The Morgan fingerprint density at radius 2 is 1.52 bits per heavy atom. The van der Waals surface area contributed by atoms with E-state index in [2.05, 4.69) is 20.8 Å². The minimum Gasteiger partial charge on any atom is -0.346 e. The van der Waals surface area contributed by atoms with Crippen LogP contribution < -0.4 is 5.32 Å². The largest absolute Gasteiger partial charge is 0.346 e. The monoisotopic (exact) mass is 313 g/mol. The van der Waals surface area contributed by atoms with E-state index in [0.717, 1.165) is 11.1 Å². The first-order valence-corrected chi connectivity index (χ1v) is 7.26. The molecule has 3 aromatic rings. The van der Waals surface area contributed by atoms with Gasteiger partial charge in [-0.3, -0.25) is 0 Å². The number of hydrogen-bond acceptors (Lipinski definition) is 4. The lowest BCUT2D eigenvalue weighted by Crippen LogP contribution is -2.28. The summed E-state index contributed by atoms with van der Waals surface area (Å²) in [6.07, 6.45) is 0.676. The molecule has 1 aromatic heterocycles. The van der Waals surface area contributed by atoms with Crippen LogP contribution in [0.15, 0.2) is 48.5 Å². The lowest BCUT2D eigenvalue weighted by Gasteiger charge is -2.31. The third-order valence-corrected chi connectivity index (χ3v) is 4.08. The van der Waals surface area contributed by atoms with Gasteiger partial charge in [0.25, 0.3) is 0 Å². The van der Waals surface area contributed by atoms with Crippen LogP contribution in [0.5, 0.6) is 0 Å². The molecular formula is C16H13F2N5. The lowest BCUT2D eigenvalue weighted by molar-refractivity contribution is 0.423. The van der Waals surface area contributed by atoms with Crippen molar-refractivity contribution < 1.29 is 8.78 Å². The van der Waals surface area contributed by atoms with Crippen molar-refractivity contribution in [3.63, 3.8) is 0 Å². The SMILES string of the molecule is Fc1ccc([C@@H]2C[C@H](c3ccc(F)cc3)n3nnnc3N2)cc1. The molecular weight excluding hydrogens is 300 g/mol. The van der Waals surface area contributed by atoms with Crippen LogP contribution in [0.25, 0.3) is 0 Å². The van der Waals surface area contributed by atoms with Gasteiger partial charge in [-0.1, -0.05) is 29.4 Å². The molecule has 0 saturated carbocycles. The van der Waals surface area contributed by atoms with Gasteiger partial charge in [0.15, 0.2) is 0 Å². The van der Waals surface area contributed by atoms with E-state index in [0.29, 0.717) is 12.4 Å². The van der Waals surface area contributed by atoms with Crippen molar-refractivity contribution in [3.8, 4) is 0 Å². The second kappa shape index (κ2) is 5.42. The van der Waals surface area contributed by atoms with Gasteiger partial charge in [-0.05, 0) is 52.2 Å². The Labute approximate surface area is 130 Å². The van der Waals surface area contributed by atoms with Gasteiger partial charge in [-0.25, -0.2) is 13.5 Å². The molecule has 0 spiro atoms. The lowest BCUT2D eigenvalue weighted by atomic mass is 9.93.